The molecule has 2 nitrogen and oxygen atoms in total. The molecule has 1 aromatic rings. The van der Waals surface area contributed by atoms with Crippen molar-refractivity contribution in [1.82, 2.24) is 10.3 Å². The highest BCUT2D eigenvalue weighted by Crippen LogP contribution is 2.32. The highest BCUT2D eigenvalue weighted by Gasteiger charge is 2.27. The van der Waals surface area contributed by atoms with Crippen molar-refractivity contribution in [1.29, 1.82) is 0 Å². The van der Waals surface area contributed by atoms with Crippen LogP contribution in [0.2, 0.25) is 0 Å². The van der Waals surface area contributed by atoms with Gasteiger partial charge in [0.25, 0.3) is 0 Å². The lowest BCUT2D eigenvalue weighted by molar-refractivity contribution is 0.297. The Balaban J connectivity index is 1.60. The van der Waals surface area contributed by atoms with E-state index in [-0.39, 0.29) is 0 Å². The van der Waals surface area contributed by atoms with Crippen molar-refractivity contribution in [3.8, 4) is 0 Å². The first-order valence-corrected chi connectivity index (χ1v) is 8.04. The number of hydrogen-bond acceptors (Lipinski definition) is 2. The van der Waals surface area contributed by atoms with Crippen LogP contribution < -0.4 is 5.32 Å². The Morgan fingerprint density at radius 3 is 2.42 bits per heavy atom. The lowest BCUT2D eigenvalue weighted by Crippen LogP contribution is -2.30. The summed E-state index contributed by atoms with van der Waals surface area (Å²) in [6.07, 6.45) is 15.1. The van der Waals surface area contributed by atoms with Gasteiger partial charge < -0.3 is 5.32 Å². The number of pyridine rings is 1. The van der Waals surface area contributed by atoms with Crippen molar-refractivity contribution in [2.75, 3.05) is 6.54 Å². The van der Waals surface area contributed by atoms with Crippen LogP contribution in [0.3, 0.4) is 0 Å². The molecule has 0 aromatic carbocycles. The summed E-state index contributed by atoms with van der Waals surface area (Å²) in [5, 5.41) is 3.76. The SMILES string of the molecule is c1cc(CC2CCCCCC2CNC2CC2)ccn1. The minimum Gasteiger partial charge on any atom is -0.314 e. The topological polar surface area (TPSA) is 24.9 Å². The molecule has 0 bridgehead atoms. The van der Waals surface area contributed by atoms with Gasteiger partial charge in [0.05, 0.1) is 0 Å². The fraction of sp³-hybridized carbons (Fsp3) is 0.706. The van der Waals surface area contributed by atoms with E-state index in [2.05, 4.69) is 22.4 Å². The zero-order valence-electron chi connectivity index (χ0n) is 11.9. The standard InChI is InChI=1S/C17H26N2/c1-2-4-15(12-14-8-10-18-11-9-14)16(5-3-1)13-19-17-6-7-17/h8-11,15-17,19H,1-7,12-13H2. The third-order valence-electron chi connectivity index (χ3n) is 4.81. The largest absolute Gasteiger partial charge is 0.314 e. The Kier molecular flexibility index (Phi) is 4.49. The van der Waals surface area contributed by atoms with Crippen LogP contribution in [0.4, 0.5) is 0 Å². The molecule has 104 valence electrons. The van der Waals surface area contributed by atoms with Gasteiger partial charge in [-0.15, -0.1) is 0 Å². The molecule has 2 aliphatic rings. The Morgan fingerprint density at radius 2 is 1.68 bits per heavy atom. The number of hydrogen-bond donors (Lipinski definition) is 1. The highest BCUT2D eigenvalue weighted by atomic mass is 14.9. The van der Waals surface area contributed by atoms with Crippen molar-refractivity contribution in [2.24, 2.45) is 11.8 Å². The van der Waals surface area contributed by atoms with Crippen LogP contribution in [0.5, 0.6) is 0 Å². The van der Waals surface area contributed by atoms with E-state index < -0.39 is 0 Å². The average molecular weight is 258 g/mol. The van der Waals surface area contributed by atoms with Gasteiger partial charge in [-0.1, -0.05) is 19.3 Å². The smallest absolute Gasteiger partial charge is 0.0270 e. The molecule has 2 saturated carbocycles. The van der Waals surface area contributed by atoms with E-state index >= 15 is 0 Å². The molecule has 0 radical (unpaired) electrons. The summed E-state index contributed by atoms with van der Waals surface area (Å²) in [4.78, 5) is 4.13. The minimum absolute atomic E-state index is 0.852. The van der Waals surface area contributed by atoms with E-state index in [9.17, 15) is 0 Å². The molecule has 2 atom stereocenters. The van der Waals surface area contributed by atoms with Gasteiger partial charge in [0, 0.05) is 18.4 Å². The van der Waals surface area contributed by atoms with Crippen LogP contribution in [0.15, 0.2) is 24.5 Å². The van der Waals surface area contributed by atoms with Crippen LogP contribution in [-0.2, 0) is 6.42 Å². The summed E-state index contributed by atoms with van der Waals surface area (Å²) >= 11 is 0. The second-order valence-electron chi connectivity index (χ2n) is 6.40. The first-order valence-electron chi connectivity index (χ1n) is 8.04. The zero-order chi connectivity index (χ0) is 12.9. The van der Waals surface area contributed by atoms with Crippen molar-refractivity contribution >= 4 is 0 Å². The maximum Gasteiger partial charge on any atom is 0.0270 e. The Bertz CT molecular complexity index is 372. The molecule has 3 rings (SSSR count). The maximum atomic E-state index is 4.13. The first kappa shape index (κ1) is 13.1. The number of nitrogens with zero attached hydrogens (tertiary/aromatic N) is 1. The van der Waals surface area contributed by atoms with Crippen molar-refractivity contribution in [3.63, 3.8) is 0 Å². The van der Waals surface area contributed by atoms with E-state index in [0.717, 1.165) is 17.9 Å². The summed E-state index contributed by atoms with van der Waals surface area (Å²) in [6.45, 7) is 1.25. The summed E-state index contributed by atoms with van der Waals surface area (Å²) in [5.41, 5.74) is 1.47. The minimum atomic E-state index is 0.852. The molecular weight excluding hydrogens is 232 g/mol. The van der Waals surface area contributed by atoms with Crippen molar-refractivity contribution in [2.45, 2.75) is 57.4 Å². The zero-order valence-corrected chi connectivity index (χ0v) is 11.9. The van der Waals surface area contributed by atoms with Crippen LogP contribution in [0.1, 0.15) is 50.5 Å². The first-order chi connectivity index (χ1) is 9.42. The van der Waals surface area contributed by atoms with E-state index in [1.54, 1.807) is 0 Å². The lowest BCUT2D eigenvalue weighted by Gasteiger charge is -2.25. The molecule has 1 heterocycles. The predicted octanol–water partition coefficient (Wildman–Crippen LogP) is 3.57. The van der Waals surface area contributed by atoms with Gasteiger partial charge in [0.15, 0.2) is 0 Å². The number of nitrogens with one attached hydrogen (secondary N) is 1. The van der Waals surface area contributed by atoms with Crippen LogP contribution in [0.25, 0.3) is 0 Å². The van der Waals surface area contributed by atoms with Crippen molar-refractivity contribution < 1.29 is 0 Å². The van der Waals surface area contributed by atoms with Gasteiger partial charge in [-0.2, -0.15) is 0 Å². The van der Waals surface area contributed by atoms with E-state index in [1.165, 1.54) is 63.5 Å². The molecule has 2 fully saturated rings. The Morgan fingerprint density at radius 1 is 0.947 bits per heavy atom. The van der Waals surface area contributed by atoms with Gasteiger partial charge in [-0.05, 0) is 68.2 Å². The molecule has 0 saturated heterocycles. The second kappa shape index (κ2) is 6.51. The molecule has 19 heavy (non-hydrogen) atoms. The number of aromatic nitrogens is 1. The molecule has 2 aliphatic carbocycles. The van der Waals surface area contributed by atoms with Gasteiger partial charge in [-0.25, -0.2) is 0 Å². The summed E-state index contributed by atoms with van der Waals surface area (Å²) in [6, 6.07) is 5.23. The predicted molar refractivity (Wildman–Crippen MR) is 79.0 cm³/mol. The fourth-order valence-electron chi connectivity index (χ4n) is 3.43. The third-order valence-corrected chi connectivity index (χ3v) is 4.81. The maximum absolute atomic E-state index is 4.13. The Labute approximate surface area is 117 Å². The molecule has 1 N–H and O–H groups in total. The molecule has 2 unspecified atom stereocenters. The third kappa shape index (κ3) is 4.04. The molecule has 0 spiro atoms. The van der Waals surface area contributed by atoms with Gasteiger partial charge in [0.1, 0.15) is 0 Å². The molecule has 1 aromatic heterocycles. The van der Waals surface area contributed by atoms with E-state index in [1.807, 2.05) is 12.4 Å². The highest BCUT2D eigenvalue weighted by molar-refractivity contribution is 5.11. The number of rotatable bonds is 5. The van der Waals surface area contributed by atoms with Crippen LogP contribution in [0, 0.1) is 11.8 Å². The summed E-state index contributed by atoms with van der Waals surface area (Å²) < 4.78 is 0. The lowest BCUT2D eigenvalue weighted by atomic mass is 9.83. The molecule has 0 amide bonds. The fourth-order valence-corrected chi connectivity index (χ4v) is 3.43. The quantitative estimate of drug-likeness (QED) is 0.817. The van der Waals surface area contributed by atoms with Gasteiger partial charge >= 0.3 is 0 Å². The van der Waals surface area contributed by atoms with E-state index in [4.69, 9.17) is 0 Å². The van der Waals surface area contributed by atoms with Gasteiger partial charge in [0.2, 0.25) is 0 Å². The van der Waals surface area contributed by atoms with Crippen molar-refractivity contribution in [3.05, 3.63) is 30.1 Å². The molecule has 2 heteroatoms. The van der Waals surface area contributed by atoms with E-state index in [0.29, 0.717) is 0 Å². The monoisotopic (exact) mass is 258 g/mol. The molecular formula is C17H26N2. The Hall–Kier alpha value is -0.890. The second-order valence-corrected chi connectivity index (χ2v) is 6.40. The normalized spacial score (nSPS) is 28.0. The van der Waals surface area contributed by atoms with Crippen LogP contribution in [-0.4, -0.2) is 17.6 Å². The summed E-state index contributed by atoms with van der Waals surface area (Å²) in [5.74, 6) is 1.76. The van der Waals surface area contributed by atoms with Gasteiger partial charge in [-0.3, -0.25) is 4.98 Å². The van der Waals surface area contributed by atoms with Crippen LogP contribution >= 0.6 is 0 Å². The summed E-state index contributed by atoms with van der Waals surface area (Å²) in [7, 11) is 0. The average Bonchev–Trinajstić information content (AvgIpc) is 3.26. The molecule has 0 aliphatic heterocycles.